The molecule has 0 bridgehead atoms. The van der Waals surface area contributed by atoms with Gasteiger partial charge in [-0.2, -0.15) is 0 Å². The van der Waals surface area contributed by atoms with Crippen molar-refractivity contribution in [3.05, 3.63) is 29.3 Å². The number of rotatable bonds is 6. The highest BCUT2D eigenvalue weighted by molar-refractivity contribution is 5.37. The number of aryl methyl sites for hydroxylation is 1. The number of hydrogen-bond donors (Lipinski definition) is 2. The number of ether oxygens (including phenoxy) is 1. The predicted molar refractivity (Wildman–Crippen MR) is 70.7 cm³/mol. The minimum atomic E-state index is -0.470. The first-order valence-corrected chi connectivity index (χ1v) is 6.10. The van der Waals surface area contributed by atoms with Crippen molar-refractivity contribution < 1.29 is 9.84 Å². The summed E-state index contributed by atoms with van der Waals surface area (Å²) in [6.07, 6.45) is -0.470. The lowest BCUT2D eigenvalue weighted by molar-refractivity contribution is 0.108. The molecular formula is C14H23NO2. The molecule has 0 aromatic heterocycles. The van der Waals surface area contributed by atoms with E-state index in [-0.39, 0.29) is 0 Å². The van der Waals surface area contributed by atoms with Crippen LogP contribution in [0.15, 0.2) is 18.2 Å². The Labute approximate surface area is 104 Å². The zero-order valence-corrected chi connectivity index (χ0v) is 11.2. The first-order valence-electron chi connectivity index (χ1n) is 6.10. The molecule has 17 heavy (non-hydrogen) atoms. The largest absolute Gasteiger partial charge is 0.491 e. The van der Waals surface area contributed by atoms with Crippen molar-refractivity contribution >= 4 is 0 Å². The van der Waals surface area contributed by atoms with Crippen molar-refractivity contribution in [2.75, 3.05) is 20.2 Å². The molecule has 0 aliphatic carbocycles. The summed E-state index contributed by atoms with van der Waals surface area (Å²) in [4.78, 5) is 0. The van der Waals surface area contributed by atoms with Crippen LogP contribution in [0.4, 0.5) is 0 Å². The highest BCUT2D eigenvalue weighted by atomic mass is 16.5. The molecule has 0 aliphatic heterocycles. The van der Waals surface area contributed by atoms with E-state index in [0.717, 1.165) is 11.3 Å². The maximum atomic E-state index is 9.59. The third kappa shape index (κ3) is 4.36. The monoisotopic (exact) mass is 237 g/mol. The topological polar surface area (TPSA) is 41.5 Å². The van der Waals surface area contributed by atoms with Gasteiger partial charge in [-0.15, -0.1) is 0 Å². The average Bonchev–Trinajstić information content (AvgIpc) is 2.28. The Morgan fingerprint density at radius 2 is 2.06 bits per heavy atom. The molecule has 0 radical (unpaired) electrons. The highest BCUT2D eigenvalue weighted by Crippen LogP contribution is 2.24. The molecule has 1 rings (SSSR count). The summed E-state index contributed by atoms with van der Waals surface area (Å²) in [6.45, 7) is 7.20. The number of aliphatic hydroxyl groups is 1. The van der Waals surface area contributed by atoms with Crippen LogP contribution in [-0.4, -0.2) is 31.4 Å². The Hall–Kier alpha value is -1.06. The lowest BCUT2D eigenvalue weighted by Crippen LogP contribution is -2.29. The van der Waals surface area contributed by atoms with E-state index in [1.807, 2.05) is 14.0 Å². The van der Waals surface area contributed by atoms with Gasteiger partial charge in [0.2, 0.25) is 0 Å². The summed E-state index contributed by atoms with van der Waals surface area (Å²) in [6, 6.07) is 6.25. The van der Waals surface area contributed by atoms with E-state index >= 15 is 0 Å². The molecule has 0 fully saturated rings. The molecule has 0 spiro atoms. The number of hydrogen-bond acceptors (Lipinski definition) is 3. The van der Waals surface area contributed by atoms with Gasteiger partial charge in [0, 0.05) is 6.54 Å². The first-order chi connectivity index (χ1) is 8.04. The van der Waals surface area contributed by atoms with Gasteiger partial charge in [-0.1, -0.05) is 26.0 Å². The predicted octanol–water partition coefficient (Wildman–Crippen LogP) is 2.08. The van der Waals surface area contributed by atoms with Crippen LogP contribution in [0.1, 0.15) is 30.9 Å². The zero-order valence-electron chi connectivity index (χ0n) is 11.2. The van der Waals surface area contributed by atoms with Gasteiger partial charge >= 0.3 is 0 Å². The molecule has 0 saturated carbocycles. The van der Waals surface area contributed by atoms with Gasteiger partial charge in [0.15, 0.2) is 0 Å². The Morgan fingerprint density at radius 1 is 1.35 bits per heavy atom. The second kappa shape index (κ2) is 6.62. The maximum absolute atomic E-state index is 9.59. The third-order valence-corrected chi connectivity index (χ3v) is 2.75. The Balaban J connectivity index is 2.66. The summed E-state index contributed by atoms with van der Waals surface area (Å²) in [5.41, 5.74) is 2.36. The SMILES string of the molecule is CNCC(O)COc1cc(C(C)C)ccc1C. The normalized spacial score (nSPS) is 12.8. The van der Waals surface area contributed by atoms with Crippen LogP contribution in [0.5, 0.6) is 5.75 Å². The molecule has 1 aromatic rings. The molecular weight excluding hydrogens is 214 g/mol. The summed E-state index contributed by atoms with van der Waals surface area (Å²) in [5, 5.41) is 12.5. The smallest absolute Gasteiger partial charge is 0.122 e. The van der Waals surface area contributed by atoms with E-state index in [0.29, 0.717) is 19.1 Å². The van der Waals surface area contributed by atoms with Crippen molar-refractivity contribution in [2.24, 2.45) is 0 Å². The highest BCUT2D eigenvalue weighted by Gasteiger charge is 2.07. The Morgan fingerprint density at radius 3 is 2.65 bits per heavy atom. The van der Waals surface area contributed by atoms with Gasteiger partial charge in [0.05, 0.1) is 0 Å². The number of likely N-dealkylation sites (N-methyl/N-ethyl adjacent to an activating group) is 1. The molecule has 3 heteroatoms. The lowest BCUT2D eigenvalue weighted by Gasteiger charge is -2.15. The van der Waals surface area contributed by atoms with E-state index in [1.165, 1.54) is 5.56 Å². The van der Waals surface area contributed by atoms with E-state index in [9.17, 15) is 5.11 Å². The second-order valence-corrected chi connectivity index (χ2v) is 4.70. The molecule has 2 N–H and O–H groups in total. The quantitative estimate of drug-likeness (QED) is 0.796. The minimum Gasteiger partial charge on any atom is -0.491 e. The summed E-state index contributed by atoms with van der Waals surface area (Å²) in [7, 11) is 1.81. The maximum Gasteiger partial charge on any atom is 0.122 e. The molecule has 3 nitrogen and oxygen atoms in total. The van der Waals surface area contributed by atoms with Gasteiger partial charge in [-0.3, -0.25) is 0 Å². The standard InChI is InChI=1S/C14H23NO2/c1-10(2)12-6-5-11(3)14(7-12)17-9-13(16)8-15-4/h5-7,10,13,15-16H,8-9H2,1-4H3. The molecule has 0 aliphatic rings. The minimum absolute atomic E-state index is 0.323. The fourth-order valence-electron chi connectivity index (χ4n) is 1.61. The number of aliphatic hydroxyl groups excluding tert-OH is 1. The van der Waals surface area contributed by atoms with Gasteiger partial charge in [-0.05, 0) is 37.1 Å². The van der Waals surface area contributed by atoms with Crippen molar-refractivity contribution in [3.8, 4) is 5.75 Å². The fraction of sp³-hybridized carbons (Fsp3) is 0.571. The number of benzene rings is 1. The summed E-state index contributed by atoms with van der Waals surface area (Å²) in [5.74, 6) is 1.35. The van der Waals surface area contributed by atoms with Gasteiger partial charge in [-0.25, -0.2) is 0 Å². The van der Waals surface area contributed by atoms with Crippen LogP contribution in [0.3, 0.4) is 0 Å². The fourth-order valence-corrected chi connectivity index (χ4v) is 1.61. The molecule has 96 valence electrons. The molecule has 0 heterocycles. The summed E-state index contributed by atoms with van der Waals surface area (Å²) >= 11 is 0. The van der Waals surface area contributed by atoms with Crippen LogP contribution in [-0.2, 0) is 0 Å². The third-order valence-electron chi connectivity index (χ3n) is 2.75. The first kappa shape index (κ1) is 14.0. The number of nitrogens with one attached hydrogen (secondary N) is 1. The molecule has 1 atom stereocenters. The summed E-state index contributed by atoms with van der Waals surface area (Å²) < 4.78 is 5.65. The molecule has 0 amide bonds. The van der Waals surface area contributed by atoms with Crippen molar-refractivity contribution in [1.29, 1.82) is 0 Å². The van der Waals surface area contributed by atoms with E-state index in [4.69, 9.17) is 4.74 Å². The zero-order chi connectivity index (χ0) is 12.8. The van der Waals surface area contributed by atoms with Crippen LogP contribution in [0.2, 0.25) is 0 Å². The van der Waals surface area contributed by atoms with Crippen LogP contribution >= 0.6 is 0 Å². The second-order valence-electron chi connectivity index (χ2n) is 4.70. The van der Waals surface area contributed by atoms with Crippen LogP contribution < -0.4 is 10.1 Å². The van der Waals surface area contributed by atoms with Crippen LogP contribution in [0.25, 0.3) is 0 Å². The molecule has 1 aromatic carbocycles. The van der Waals surface area contributed by atoms with Crippen molar-refractivity contribution in [2.45, 2.75) is 32.8 Å². The van der Waals surface area contributed by atoms with Gasteiger partial charge in [0.25, 0.3) is 0 Å². The van der Waals surface area contributed by atoms with Crippen molar-refractivity contribution in [3.63, 3.8) is 0 Å². The van der Waals surface area contributed by atoms with E-state index < -0.39 is 6.10 Å². The van der Waals surface area contributed by atoms with Crippen LogP contribution in [0, 0.1) is 6.92 Å². The van der Waals surface area contributed by atoms with Crippen molar-refractivity contribution in [1.82, 2.24) is 5.32 Å². The molecule has 0 saturated heterocycles. The van der Waals surface area contributed by atoms with E-state index in [2.05, 4.69) is 37.4 Å². The van der Waals surface area contributed by atoms with Gasteiger partial charge < -0.3 is 15.2 Å². The van der Waals surface area contributed by atoms with E-state index in [1.54, 1.807) is 0 Å². The average molecular weight is 237 g/mol. The lowest BCUT2D eigenvalue weighted by atomic mass is 10.0. The Kier molecular flexibility index (Phi) is 5.45. The molecule has 1 unspecified atom stereocenters. The Bertz CT molecular complexity index is 350. The van der Waals surface area contributed by atoms with Gasteiger partial charge in [0.1, 0.15) is 18.5 Å².